The number of aliphatic hydroxyl groups is 1. The van der Waals surface area contributed by atoms with Gasteiger partial charge in [-0.05, 0) is 69.7 Å². The van der Waals surface area contributed by atoms with Gasteiger partial charge in [-0.15, -0.1) is 0 Å². The number of nitrogens with zero attached hydrogens (tertiary/aromatic N) is 8. The minimum atomic E-state index is -1.62. The number of carbonyl (C=O) groups excluding carboxylic acids is 1. The highest BCUT2D eigenvalue weighted by molar-refractivity contribution is 6.01. The number of hydrogen-bond acceptors (Lipinski definition) is 9. The van der Waals surface area contributed by atoms with Crippen molar-refractivity contribution in [1.29, 1.82) is 0 Å². The number of carbonyl (C=O) groups is 1. The van der Waals surface area contributed by atoms with Gasteiger partial charge in [0.15, 0.2) is 11.6 Å². The van der Waals surface area contributed by atoms with Crippen LogP contribution in [0.2, 0.25) is 0 Å². The molecule has 5 rings (SSSR count). The third-order valence-electron chi connectivity index (χ3n) is 8.22. The quantitative estimate of drug-likeness (QED) is 0.0395. The molecule has 14 heteroatoms. The Morgan fingerprint density at radius 2 is 1.70 bits per heavy atom. The number of amides is 1. The van der Waals surface area contributed by atoms with Gasteiger partial charge in [0.05, 0.1) is 13.2 Å². The predicted octanol–water partition coefficient (Wildman–Crippen LogP) is 6.59. The van der Waals surface area contributed by atoms with E-state index in [2.05, 4.69) is 30.9 Å². The highest BCUT2D eigenvalue weighted by Gasteiger charge is 2.54. The fourth-order valence-electron chi connectivity index (χ4n) is 5.64. The maximum Gasteiger partial charge on any atom is 0.266 e. The van der Waals surface area contributed by atoms with E-state index in [1.54, 1.807) is 48.5 Å². The number of ether oxygens (including phenoxy) is 2. The van der Waals surface area contributed by atoms with E-state index >= 15 is 0 Å². The molecule has 1 heterocycles. The molecular weight excluding hydrogens is 636 g/mol. The summed E-state index contributed by atoms with van der Waals surface area (Å²) in [6.07, 6.45) is -0.484. The molecule has 1 aliphatic heterocycles. The van der Waals surface area contributed by atoms with Crippen LogP contribution >= 0.6 is 0 Å². The minimum Gasteiger partial charge on any atom is -0.494 e. The number of aliphatic imine (C=N–C) groups is 1. The van der Waals surface area contributed by atoms with E-state index < -0.39 is 17.6 Å². The number of hydrazine groups is 1. The molecule has 0 radical (unpaired) electrons. The third kappa shape index (κ3) is 8.32. The first kappa shape index (κ1) is 35.3. The molecule has 1 aliphatic rings. The minimum absolute atomic E-state index is 0.000385. The highest BCUT2D eigenvalue weighted by atomic mass is 16.5. The third-order valence-corrected chi connectivity index (χ3v) is 8.22. The molecule has 3 N–H and O–H groups in total. The van der Waals surface area contributed by atoms with Crippen molar-refractivity contribution in [3.63, 3.8) is 0 Å². The lowest BCUT2D eigenvalue weighted by molar-refractivity contribution is -0.130. The normalized spacial score (nSPS) is 16.3. The van der Waals surface area contributed by atoms with Crippen molar-refractivity contribution >= 4 is 23.2 Å². The van der Waals surface area contributed by atoms with Crippen molar-refractivity contribution in [2.24, 2.45) is 15.2 Å². The Morgan fingerprint density at radius 1 is 0.980 bits per heavy atom. The first-order valence-corrected chi connectivity index (χ1v) is 16.0. The smallest absolute Gasteiger partial charge is 0.266 e. The zero-order valence-corrected chi connectivity index (χ0v) is 27.8. The molecule has 2 atom stereocenters. The van der Waals surface area contributed by atoms with Gasteiger partial charge in [0.2, 0.25) is 5.90 Å². The molecule has 0 saturated carbocycles. The number of nitrogens with one attached hydrogen (secondary N) is 2. The summed E-state index contributed by atoms with van der Waals surface area (Å²) in [6.45, 7) is 0.738. The van der Waals surface area contributed by atoms with Gasteiger partial charge in [-0.1, -0.05) is 70.9 Å². The lowest BCUT2D eigenvalue weighted by Crippen LogP contribution is -2.53. The Hall–Kier alpha value is -6.04. The van der Waals surface area contributed by atoms with Gasteiger partial charge in [-0.25, -0.2) is 10.4 Å². The number of hydrogen-bond donors (Lipinski definition) is 3. The van der Waals surface area contributed by atoms with Crippen molar-refractivity contribution in [2.75, 3.05) is 32.2 Å². The maximum atomic E-state index is 14.7. The monoisotopic (exact) mass is 674 g/mol. The molecule has 0 aromatic heterocycles. The number of aliphatic hydroxyl groups excluding tert-OH is 1. The zero-order valence-electron chi connectivity index (χ0n) is 27.8. The van der Waals surface area contributed by atoms with Crippen molar-refractivity contribution < 1.29 is 19.4 Å². The van der Waals surface area contributed by atoms with Crippen molar-refractivity contribution in [3.8, 4) is 5.75 Å². The first-order chi connectivity index (χ1) is 24.4. The fraction of sp³-hybridized carbons (Fsp3) is 0.278. The van der Waals surface area contributed by atoms with Crippen molar-refractivity contribution in [3.05, 3.63) is 146 Å². The summed E-state index contributed by atoms with van der Waals surface area (Å²) < 4.78 is 12.4. The lowest BCUT2D eigenvalue weighted by atomic mass is 9.80. The Bertz CT molecular complexity index is 1900. The number of rotatable bonds is 16. The van der Waals surface area contributed by atoms with E-state index in [-0.39, 0.29) is 25.5 Å². The van der Waals surface area contributed by atoms with Crippen LogP contribution < -0.4 is 20.5 Å². The van der Waals surface area contributed by atoms with Crippen LogP contribution in [-0.2, 0) is 29.0 Å². The second kappa shape index (κ2) is 16.9. The van der Waals surface area contributed by atoms with Gasteiger partial charge < -0.3 is 19.5 Å². The van der Waals surface area contributed by atoms with E-state index in [1.807, 2.05) is 67.5 Å². The summed E-state index contributed by atoms with van der Waals surface area (Å²) in [5.74, 6) is 0.332. The fourth-order valence-corrected chi connectivity index (χ4v) is 5.64. The Balaban J connectivity index is 1.58. The second-order valence-corrected chi connectivity index (χ2v) is 11.7. The molecule has 0 aliphatic carbocycles. The molecule has 0 bridgehead atoms. The number of azide groups is 2. The number of benzene rings is 4. The van der Waals surface area contributed by atoms with Gasteiger partial charge in [0, 0.05) is 66.9 Å². The van der Waals surface area contributed by atoms with Crippen molar-refractivity contribution in [2.45, 2.75) is 37.6 Å². The summed E-state index contributed by atoms with van der Waals surface area (Å²) >= 11 is 0. The van der Waals surface area contributed by atoms with Crippen LogP contribution in [0.25, 0.3) is 20.9 Å². The standard InChI is InChI=1S/C36H38N10O4/c1-46(2)29-16-12-25(13-17-29)23-39-43-35(48)36(22-27-8-4-6-11-32(27)42-45-38)33(31-10-5-3-9-28(31)24-40-44-37)50-34(41-36)26-14-18-30(19-15-26)49-21-7-20-47/h3-6,8-19,33,39,47H,7,20-24H2,1-2H3,(H,43,48)/t33-,36-/m0/s1. The Labute approximate surface area is 289 Å². The lowest BCUT2D eigenvalue weighted by Gasteiger charge is -2.32. The van der Waals surface area contributed by atoms with Crippen LogP contribution in [0.3, 0.4) is 0 Å². The summed E-state index contributed by atoms with van der Waals surface area (Å²) in [7, 11) is 3.93. The summed E-state index contributed by atoms with van der Waals surface area (Å²) in [4.78, 5) is 27.7. The molecule has 0 spiro atoms. The molecule has 0 fully saturated rings. The van der Waals surface area contributed by atoms with E-state index in [0.717, 1.165) is 11.3 Å². The highest BCUT2D eigenvalue weighted by Crippen LogP contribution is 2.44. The van der Waals surface area contributed by atoms with Gasteiger partial charge in [-0.3, -0.25) is 10.2 Å². The van der Waals surface area contributed by atoms with Crippen LogP contribution in [0.15, 0.2) is 112 Å². The zero-order chi connectivity index (χ0) is 35.3. The maximum absolute atomic E-state index is 14.7. The van der Waals surface area contributed by atoms with Gasteiger partial charge in [0.25, 0.3) is 5.91 Å². The average molecular weight is 675 g/mol. The molecule has 1 amide bonds. The van der Waals surface area contributed by atoms with E-state index in [4.69, 9.17) is 25.1 Å². The van der Waals surface area contributed by atoms with Crippen LogP contribution in [0, 0.1) is 0 Å². The van der Waals surface area contributed by atoms with Crippen LogP contribution in [0.5, 0.6) is 5.75 Å². The Morgan fingerprint density at radius 3 is 2.40 bits per heavy atom. The molecule has 50 heavy (non-hydrogen) atoms. The molecule has 0 unspecified atom stereocenters. The number of anilines is 1. The van der Waals surface area contributed by atoms with Gasteiger partial charge in [0.1, 0.15) is 5.75 Å². The molecule has 4 aromatic rings. The van der Waals surface area contributed by atoms with Gasteiger partial charge >= 0.3 is 0 Å². The molecule has 0 saturated heterocycles. The molecule has 256 valence electrons. The topological polar surface area (TPSA) is 193 Å². The van der Waals surface area contributed by atoms with E-state index in [1.165, 1.54) is 0 Å². The SMILES string of the molecule is CN(C)c1ccc(CNNC(=O)[C@@]2(Cc3ccccc3N=[N+]=[N-])N=C(c3ccc(OCCCO)cc3)O[C@H]2c2ccccc2CN=[N+]=[N-])cc1. The second-order valence-electron chi connectivity index (χ2n) is 11.7. The average Bonchev–Trinajstić information content (AvgIpc) is 3.52. The largest absolute Gasteiger partial charge is 0.494 e. The van der Waals surface area contributed by atoms with Crippen molar-refractivity contribution in [1.82, 2.24) is 10.9 Å². The van der Waals surface area contributed by atoms with Crippen LogP contribution in [0.1, 0.15) is 40.3 Å². The Kier molecular flexibility index (Phi) is 11.9. The molecule has 4 aromatic carbocycles. The molecule has 14 nitrogen and oxygen atoms in total. The summed E-state index contributed by atoms with van der Waals surface area (Å²) in [5.41, 5.74) is 27.6. The van der Waals surface area contributed by atoms with E-state index in [0.29, 0.717) is 53.3 Å². The summed E-state index contributed by atoms with van der Waals surface area (Å²) in [5, 5.41) is 16.8. The summed E-state index contributed by atoms with van der Waals surface area (Å²) in [6, 6.07) is 29.3. The van der Waals surface area contributed by atoms with Gasteiger partial charge in [-0.2, -0.15) is 0 Å². The molecular formula is C36H38N10O4. The van der Waals surface area contributed by atoms with Crippen LogP contribution in [-0.4, -0.2) is 49.8 Å². The van der Waals surface area contributed by atoms with E-state index in [9.17, 15) is 10.3 Å². The predicted molar refractivity (Wildman–Crippen MR) is 191 cm³/mol. The first-order valence-electron chi connectivity index (χ1n) is 16.0. The van der Waals surface area contributed by atoms with Crippen LogP contribution in [0.4, 0.5) is 11.4 Å².